The molecule has 1 atom stereocenters. The van der Waals surface area contributed by atoms with Crippen molar-refractivity contribution in [3.05, 3.63) is 0 Å². The van der Waals surface area contributed by atoms with Crippen LogP contribution in [0.2, 0.25) is 0 Å². The third-order valence-electron chi connectivity index (χ3n) is 3.50. The monoisotopic (exact) mass is 196 g/mol. The second-order valence-electron chi connectivity index (χ2n) is 4.38. The Balaban J connectivity index is 1.91. The molecule has 0 radical (unpaired) electrons. The number of likely N-dealkylation sites (tertiary alicyclic amines) is 2. The molecule has 2 saturated heterocycles. The molecule has 1 amide bonds. The fourth-order valence-electron chi connectivity index (χ4n) is 2.57. The molecule has 2 rings (SSSR count). The minimum absolute atomic E-state index is 0.388. The van der Waals surface area contributed by atoms with Crippen LogP contribution in [0, 0.1) is 0 Å². The first-order chi connectivity index (χ1) is 6.81. The van der Waals surface area contributed by atoms with Gasteiger partial charge in [0.1, 0.15) is 0 Å². The van der Waals surface area contributed by atoms with Crippen LogP contribution in [0.3, 0.4) is 0 Å². The second kappa shape index (κ2) is 4.30. The number of likely N-dealkylation sites (N-methyl/N-ethyl adjacent to an activating group) is 1. The van der Waals surface area contributed by atoms with Gasteiger partial charge in [0, 0.05) is 32.1 Å². The Labute approximate surface area is 86.1 Å². The minimum Gasteiger partial charge on any atom is -0.338 e. The molecule has 0 bridgehead atoms. The summed E-state index contributed by atoms with van der Waals surface area (Å²) < 4.78 is 0. The molecule has 0 aromatic rings. The number of carbonyl (C=O) groups is 1. The van der Waals surface area contributed by atoms with E-state index in [1.165, 1.54) is 19.4 Å². The van der Waals surface area contributed by atoms with E-state index < -0.39 is 0 Å². The molecule has 0 N–H and O–H groups in total. The van der Waals surface area contributed by atoms with E-state index in [-0.39, 0.29) is 0 Å². The zero-order valence-corrected chi connectivity index (χ0v) is 9.04. The number of hydrogen-bond donors (Lipinski definition) is 0. The Bertz CT molecular complexity index is 217. The molecular weight excluding hydrogens is 176 g/mol. The Kier molecular flexibility index (Phi) is 3.06. The van der Waals surface area contributed by atoms with Crippen molar-refractivity contribution in [1.82, 2.24) is 9.80 Å². The zero-order valence-electron chi connectivity index (χ0n) is 9.04. The fraction of sp³-hybridized carbons (Fsp3) is 0.909. The smallest absolute Gasteiger partial charge is 0.222 e. The quantitative estimate of drug-likeness (QED) is 0.660. The van der Waals surface area contributed by atoms with E-state index in [4.69, 9.17) is 0 Å². The van der Waals surface area contributed by atoms with Crippen LogP contribution in [0.25, 0.3) is 0 Å². The van der Waals surface area contributed by atoms with Crippen LogP contribution in [-0.4, -0.2) is 47.9 Å². The number of hydrogen-bond acceptors (Lipinski definition) is 2. The van der Waals surface area contributed by atoms with Gasteiger partial charge >= 0.3 is 0 Å². The summed E-state index contributed by atoms with van der Waals surface area (Å²) in [4.78, 5) is 16.2. The first-order valence-corrected chi connectivity index (χ1v) is 5.83. The van der Waals surface area contributed by atoms with Gasteiger partial charge < -0.3 is 9.80 Å². The summed E-state index contributed by atoms with van der Waals surface area (Å²) in [6, 6.07) is 0.516. The minimum atomic E-state index is 0.388. The number of nitrogens with zero attached hydrogens (tertiary/aromatic N) is 2. The first kappa shape index (κ1) is 9.97. The van der Waals surface area contributed by atoms with Crippen LogP contribution in [0.1, 0.15) is 32.6 Å². The van der Waals surface area contributed by atoms with Crippen molar-refractivity contribution in [1.29, 1.82) is 0 Å². The van der Waals surface area contributed by atoms with Crippen molar-refractivity contribution in [2.75, 3.05) is 26.2 Å². The van der Waals surface area contributed by atoms with Crippen molar-refractivity contribution in [3.8, 4) is 0 Å². The van der Waals surface area contributed by atoms with Crippen LogP contribution in [-0.2, 0) is 4.79 Å². The van der Waals surface area contributed by atoms with Gasteiger partial charge in [0.15, 0.2) is 0 Å². The van der Waals surface area contributed by atoms with E-state index in [9.17, 15) is 4.79 Å². The van der Waals surface area contributed by atoms with Crippen LogP contribution in [0.15, 0.2) is 0 Å². The van der Waals surface area contributed by atoms with Crippen LogP contribution in [0.4, 0.5) is 0 Å². The van der Waals surface area contributed by atoms with Gasteiger partial charge in [-0.25, -0.2) is 0 Å². The molecule has 0 spiro atoms. The molecular formula is C11H20N2O. The summed E-state index contributed by atoms with van der Waals surface area (Å²) in [5.41, 5.74) is 0. The maximum absolute atomic E-state index is 11.7. The van der Waals surface area contributed by atoms with Crippen LogP contribution in [0.5, 0.6) is 0 Å². The van der Waals surface area contributed by atoms with E-state index in [0.717, 1.165) is 32.5 Å². The van der Waals surface area contributed by atoms with E-state index in [2.05, 4.69) is 16.7 Å². The highest BCUT2D eigenvalue weighted by molar-refractivity contribution is 5.77. The Morgan fingerprint density at radius 3 is 2.86 bits per heavy atom. The number of carbonyl (C=O) groups excluding carboxylic acids is 1. The lowest BCUT2D eigenvalue weighted by Gasteiger charge is -2.32. The predicted molar refractivity (Wildman–Crippen MR) is 56.1 cm³/mol. The lowest BCUT2D eigenvalue weighted by atomic mass is 10.1. The number of amides is 1. The van der Waals surface area contributed by atoms with Gasteiger partial charge in [0.05, 0.1) is 0 Å². The largest absolute Gasteiger partial charge is 0.338 e. The third-order valence-corrected chi connectivity index (χ3v) is 3.50. The Morgan fingerprint density at radius 1 is 1.36 bits per heavy atom. The van der Waals surface area contributed by atoms with Crippen molar-refractivity contribution in [3.63, 3.8) is 0 Å². The molecule has 2 aliphatic heterocycles. The zero-order chi connectivity index (χ0) is 9.97. The van der Waals surface area contributed by atoms with Gasteiger partial charge in [-0.2, -0.15) is 0 Å². The van der Waals surface area contributed by atoms with E-state index >= 15 is 0 Å². The summed E-state index contributed by atoms with van der Waals surface area (Å²) in [5, 5.41) is 0. The molecule has 0 aromatic heterocycles. The highest BCUT2D eigenvalue weighted by atomic mass is 16.2. The molecule has 2 heterocycles. The van der Waals surface area contributed by atoms with Gasteiger partial charge in [-0.3, -0.25) is 4.79 Å². The van der Waals surface area contributed by atoms with Gasteiger partial charge in [-0.15, -0.1) is 0 Å². The van der Waals surface area contributed by atoms with Crippen molar-refractivity contribution in [2.45, 2.75) is 38.6 Å². The van der Waals surface area contributed by atoms with Crippen molar-refractivity contribution >= 4 is 5.91 Å². The molecule has 80 valence electrons. The summed E-state index contributed by atoms with van der Waals surface area (Å²) in [5.74, 6) is 0.388. The second-order valence-corrected chi connectivity index (χ2v) is 4.38. The first-order valence-electron chi connectivity index (χ1n) is 5.83. The normalized spacial score (nSPS) is 29.9. The average Bonchev–Trinajstić information content (AvgIpc) is 2.67. The van der Waals surface area contributed by atoms with Gasteiger partial charge in [-0.05, 0) is 25.8 Å². The molecule has 14 heavy (non-hydrogen) atoms. The van der Waals surface area contributed by atoms with E-state index in [1.54, 1.807) is 0 Å². The summed E-state index contributed by atoms with van der Waals surface area (Å²) in [7, 11) is 0. The highest BCUT2D eigenvalue weighted by Gasteiger charge is 2.30. The number of rotatable bonds is 2. The lowest BCUT2D eigenvalue weighted by molar-refractivity contribution is -0.135. The molecule has 0 aromatic carbocycles. The third kappa shape index (κ3) is 1.92. The molecule has 2 aliphatic rings. The lowest BCUT2D eigenvalue weighted by Crippen LogP contribution is -2.44. The molecule has 2 fully saturated rings. The van der Waals surface area contributed by atoms with E-state index in [0.29, 0.717) is 11.9 Å². The Hall–Kier alpha value is -0.570. The Morgan fingerprint density at radius 2 is 2.21 bits per heavy atom. The van der Waals surface area contributed by atoms with Crippen LogP contribution < -0.4 is 0 Å². The van der Waals surface area contributed by atoms with Gasteiger partial charge in [0.25, 0.3) is 0 Å². The SMILES string of the molecule is CCN1CC[C@@H](N2CCCCC2=O)C1. The summed E-state index contributed by atoms with van der Waals surface area (Å²) >= 11 is 0. The van der Waals surface area contributed by atoms with Crippen molar-refractivity contribution in [2.24, 2.45) is 0 Å². The summed E-state index contributed by atoms with van der Waals surface area (Å²) in [6.07, 6.45) is 4.26. The fourth-order valence-corrected chi connectivity index (χ4v) is 2.57. The molecule has 3 nitrogen and oxygen atoms in total. The predicted octanol–water partition coefficient (Wildman–Crippen LogP) is 1.09. The average molecular weight is 196 g/mol. The maximum Gasteiger partial charge on any atom is 0.222 e. The topological polar surface area (TPSA) is 23.6 Å². The summed E-state index contributed by atoms with van der Waals surface area (Å²) in [6.45, 7) is 6.59. The standard InChI is InChI=1S/C11H20N2O/c1-2-12-8-6-10(9-12)13-7-4-3-5-11(13)14/h10H,2-9H2,1H3/t10-/m1/s1. The van der Waals surface area contributed by atoms with Gasteiger partial charge in [-0.1, -0.05) is 6.92 Å². The van der Waals surface area contributed by atoms with E-state index in [1.807, 2.05) is 0 Å². The molecule has 0 unspecified atom stereocenters. The highest BCUT2D eigenvalue weighted by Crippen LogP contribution is 2.20. The maximum atomic E-state index is 11.7. The van der Waals surface area contributed by atoms with Crippen molar-refractivity contribution < 1.29 is 4.79 Å². The molecule has 3 heteroatoms. The van der Waals surface area contributed by atoms with Gasteiger partial charge in [0.2, 0.25) is 5.91 Å². The molecule has 0 saturated carbocycles. The number of piperidine rings is 1. The molecule has 0 aliphatic carbocycles. The van der Waals surface area contributed by atoms with Crippen LogP contribution >= 0.6 is 0 Å².